The summed E-state index contributed by atoms with van der Waals surface area (Å²) in [6.07, 6.45) is 0. The standard InChI is InChI=1S/C8H14N2O6/c1-8(2,5-16-10(13)14)7(12)9-4-6(11)15-3/h4-5H2,1-3H3,(H,9,12). The fraction of sp³-hybridized carbons (Fsp3) is 0.750. The van der Waals surface area contributed by atoms with Gasteiger partial charge in [0.05, 0.1) is 12.5 Å². The Kier molecular flexibility index (Phi) is 5.20. The number of hydrogen-bond acceptors (Lipinski definition) is 6. The van der Waals surface area contributed by atoms with Crippen molar-refractivity contribution in [1.29, 1.82) is 0 Å². The molecule has 16 heavy (non-hydrogen) atoms. The molecule has 0 heterocycles. The number of carbonyl (C=O) groups excluding carboxylic acids is 2. The first kappa shape index (κ1) is 14.1. The van der Waals surface area contributed by atoms with Crippen LogP contribution in [-0.4, -0.2) is 37.2 Å². The molecule has 8 heteroatoms. The molecule has 92 valence electrons. The monoisotopic (exact) mass is 234 g/mol. The van der Waals surface area contributed by atoms with Crippen molar-refractivity contribution in [1.82, 2.24) is 5.32 Å². The van der Waals surface area contributed by atoms with Gasteiger partial charge in [-0.2, -0.15) is 0 Å². The van der Waals surface area contributed by atoms with Gasteiger partial charge in [0.15, 0.2) is 0 Å². The zero-order valence-electron chi connectivity index (χ0n) is 9.31. The third-order valence-electron chi connectivity index (χ3n) is 1.77. The number of amides is 1. The lowest BCUT2D eigenvalue weighted by Crippen LogP contribution is -2.42. The summed E-state index contributed by atoms with van der Waals surface area (Å²) in [4.78, 5) is 36.3. The Morgan fingerprint density at radius 3 is 2.44 bits per heavy atom. The minimum atomic E-state index is -1.10. The summed E-state index contributed by atoms with van der Waals surface area (Å²) >= 11 is 0. The maximum Gasteiger partial charge on any atom is 0.325 e. The van der Waals surface area contributed by atoms with Crippen LogP contribution in [0, 0.1) is 15.5 Å². The van der Waals surface area contributed by atoms with Crippen molar-refractivity contribution < 1.29 is 24.3 Å². The average Bonchev–Trinajstić information content (AvgIpc) is 2.22. The van der Waals surface area contributed by atoms with E-state index in [-0.39, 0.29) is 13.2 Å². The summed E-state index contributed by atoms with van der Waals surface area (Å²) in [6, 6.07) is 0. The third kappa shape index (κ3) is 5.13. The first-order valence-electron chi connectivity index (χ1n) is 4.42. The first-order valence-corrected chi connectivity index (χ1v) is 4.42. The van der Waals surface area contributed by atoms with Crippen molar-refractivity contribution in [2.75, 3.05) is 20.3 Å². The Morgan fingerprint density at radius 1 is 1.44 bits per heavy atom. The van der Waals surface area contributed by atoms with Gasteiger partial charge < -0.3 is 14.9 Å². The van der Waals surface area contributed by atoms with Crippen LogP contribution in [-0.2, 0) is 19.2 Å². The van der Waals surface area contributed by atoms with E-state index >= 15 is 0 Å². The number of nitrogens with one attached hydrogen (secondary N) is 1. The van der Waals surface area contributed by atoms with E-state index in [1.165, 1.54) is 21.0 Å². The molecule has 1 amide bonds. The molecule has 0 saturated carbocycles. The quantitative estimate of drug-likeness (QED) is 0.377. The molecule has 8 nitrogen and oxygen atoms in total. The van der Waals surface area contributed by atoms with Crippen molar-refractivity contribution in [3.05, 3.63) is 10.1 Å². The predicted molar refractivity (Wildman–Crippen MR) is 51.8 cm³/mol. The smallest absolute Gasteiger partial charge is 0.325 e. The van der Waals surface area contributed by atoms with Gasteiger partial charge in [-0.1, -0.05) is 0 Å². The van der Waals surface area contributed by atoms with E-state index in [1.807, 2.05) is 0 Å². The van der Waals surface area contributed by atoms with Crippen LogP contribution in [0.25, 0.3) is 0 Å². The Morgan fingerprint density at radius 2 is 2.00 bits per heavy atom. The summed E-state index contributed by atoms with van der Waals surface area (Å²) in [5, 5.41) is 11.3. The highest BCUT2D eigenvalue weighted by Crippen LogP contribution is 2.15. The van der Waals surface area contributed by atoms with E-state index in [0.29, 0.717) is 0 Å². The van der Waals surface area contributed by atoms with Crippen LogP contribution in [0.5, 0.6) is 0 Å². The van der Waals surface area contributed by atoms with Gasteiger partial charge in [0.25, 0.3) is 5.09 Å². The zero-order valence-corrected chi connectivity index (χ0v) is 9.31. The molecule has 0 radical (unpaired) electrons. The third-order valence-corrected chi connectivity index (χ3v) is 1.77. The minimum absolute atomic E-state index is 0.281. The molecular weight excluding hydrogens is 220 g/mol. The van der Waals surface area contributed by atoms with Gasteiger partial charge in [-0.15, -0.1) is 10.1 Å². The van der Waals surface area contributed by atoms with E-state index < -0.39 is 22.4 Å². The highest BCUT2D eigenvalue weighted by Gasteiger charge is 2.29. The fourth-order valence-corrected chi connectivity index (χ4v) is 0.744. The van der Waals surface area contributed by atoms with Gasteiger partial charge in [0.1, 0.15) is 13.2 Å². The molecular formula is C8H14N2O6. The molecule has 0 aromatic heterocycles. The van der Waals surface area contributed by atoms with Crippen LogP contribution in [0.2, 0.25) is 0 Å². The summed E-state index contributed by atoms with van der Waals surface area (Å²) in [5.74, 6) is -1.13. The summed E-state index contributed by atoms with van der Waals surface area (Å²) in [7, 11) is 1.19. The minimum Gasteiger partial charge on any atom is -0.468 e. The van der Waals surface area contributed by atoms with E-state index in [1.54, 1.807) is 0 Å². The van der Waals surface area contributed by atoms with Crippen molar-refractivity contribution in [3.63, 3.8) is 0 Å². The highest BCUT2D eigenvalue weighted by molar-refractivity contribution is 5.85. The lowest BCUT2D eigenvalue weighted by Gasteiger charge is -2.21. The topological polar surface area (TPSA) is 108 Å². The van der Waals surface area contributed by atoms with Crippen LogP contribution in [0.3, 0.4) is 0 Å². The molecule has 0 aliphatic rings. The van der Waals surface area contributed by atoms with E-state index in [4.69, 9.17) is 0 Å². The van der Waals surface area contributed by atoms with Gasteiger partial charge in [-0.25, -0.2) is 0 Å². The summed E-state index contributed by atoms with van der Waals surface area (Å²) in [6.45, 7) is 2.26. The molecule has 0 aliphatic carbocycles. The van der Waals surface area contributed by atoms with Crippen molar-refractivity contribution >= 4 is 11.9 Å². The second kappa shape index (κ2) is 5.89. The SMILES string of the molecule is COC(=O)CNC(=O)C(C)(C)CO[N+](=O)[O-]. The number of rotatable bonds is 6. The number of methoxy groups -OCH3 is 1. The van der Waals surface area contributed by atoms with Gasteiger partial charge in [0.2, 0.25) is 5.91 Å². The second-order valence-corrected chi connectivity index (χ2v) is 3.64. The highest BCUT2D eigenvalue weighted by atomic mass is 16.9. The lowest BCUT2D eigenvalue weighted by molar-refractivity contribution is -0.760. The Balaban J connectivity index is 4.13. The van der Waals surface area contributed by atoms with E-state index in [9.17, 15) is 19.7 Å². The molecule has 0 spiro atoms. The van der Waals surface area contributed by atoms with Crippen LogP contribution in [0.1, 0.15) is 13.8 Å². The molecule has 0 saturated heterocycles. The van der Waals surface area contributed by atoms with Crippen LogP contribution in [0.15, 0.2) is 0 Å². The van der Waals surface area contributed by atoms with E-state index in [0.717, 1.165) is 0 Å². The summed E-state index contributed by atoms with van der Waals surface area (Å²) < 4.78 is 4.32. The predicted octanol–water partition coefficient (Wildman–Crippen LogP) is -0.490. The maximum atomic E-state index is 11.5. The Labute approximate surface area is 92.0 Å². The molecule has 1 N–H and O–H groups in total. The summed E-state index contributed by atoms with van der Waals surface area (Å²) in [5.41, 5.74) is -1.10. The van der Waals surface area contributed by atoms with Crippen molar-refractivity contribution in [2.24, 2.45) is 5.41 Å². The fourth-order valence-electron chi connectivity index (χ4n) is 0.744. The average molecular weight is 234 g/mol. The molecule has 0 aromatic rings. The molecule has 0 rings (SSSR count). The Bertz CT molecular complexity index is 288. The molecule has 0 bridgehead atoms. The largest absolute Gasteiger partial charge is 0.468 e. The molecule has 0 atom stereocenters. The van der Waals surface area contributed by atoms with Crippen molar-refractivity contribution in [2.45, 2.75) is 13.8 Å². The molecule has 0 aliphatic heterocycles. The molecule has 0 aromatic carbocycles. The maximum absolute atomic E-state index is 11.5. The number of hydrogen-bond donors (Lipinski definition) is 1. The molecule has 0 unspecified atom stereocenters. The van der Waals surface area contributed by atoms with Gasteiger partial charge >= 0.3 is 5.97 Å². The Hall–Kier alpha value is -1.86. The van der Waals surface area contributed by atoms with Crippen LogP contribution >= 0.6 is 0 Å². The normalized spacial score (nSPS) is 10.4. The molecule has 0 fully saturated rings. The van der Waals surface area contributed by atoms with Gasteiger partial charge in [0, 0.05) is 0 Å². The van der Waals surface area contributed by atoms with Gasteiger partial charge in [-0.3, -0.25) is 9.59 Å². The second-order valence-electron chi connectivity index (χ2n) is 3.64. The number of ether oxygens (including phenoxy) is 1. The van der Waals surface area contributed by atoms with Crippen LogP contribution in [0.4, 0.5) is 0 Å². The number of carbonyl (C=O) groups is 2. The lowest BCUT2D eigenvalue weighted by atomic mass is 9.94. The number of nitrogens with zero attached hydrogens (tertiary/aromatic N) is 1. The van der Waals surface area contributed by atoms with Gasteiger partial charge in [-0.05, 0) is 13.8 Å². The zero-order chi connectivity index (χ0) is 12.8. The first-order chi connectivity index (χ1) is 7.29. The van der Waals surface area contributed by atoms with Crippen LogP contribution < -0.4 is 5.32 Å². The van der Waals surface area contributed by atoms with E-state index in [2.05, 4.69) is 14.9 Å². The number of esters is 1. The van der Waals surface area contributed by atoms with Crippen molar-refractivity contribution in [3.8, 4) is 0 Å².